The van der Waals surface area contributed by atoms with Crippen LogP contribution in [-0.2, 0) is 4.74 Å². The van der Waals surface area contributed by atoms with Crippen LogP contribution in [0.4, 0.5) is 11.7 Å². The molecule has 1 aromatic carbocycles. The lowest BCUT2D eigenvalue weighted by Gasteiger charge is -2.24. The highest BCUT2D eigenvalue weighted by atomic mass is 16.5. The molecule has 4 rings (SSSR count). The average molecular weight is 327 g/mol. The summed E-state index contributed by atoms with van der Waals surface area (Å²) in [6.07, 6.45) is 0. The predicted molar refractivity (Wildman–Crippen MR) is 88.3 cm³/mol. The summed E-state index contributed by atoms with van der Waals surface area (Å²) in [6.45, 7) is 4.70. The maximum absolute atomic E-state index is 12.2. The van der Waals surface area contributed by atoms with Crippen molar-refractivity contribution >= 4 is 28.7 Å². The highest BCUT2D eigenvalue weighted by Crippen LogP contribution is 2.25. The molecule has 0 aliphatic carbocycles. The van der Waals surface area contributed by atoms with Crippen LogP contribution in [0.2, 0.25) is 0 Å². The molecule has 8 heteroatoms. The van der Waals surface area contributed by atoms with Crippen molar-refractivity contribution in [1.29, 1.82) is 0 Å². The minimum absolute atomic E-state index is 0.272. The van der Waals surface area contributed by atoms with Crippen molar-refractivity contribution in [1.82, 2.24) is 15.2 Å². The lowest BCUT2D eigenvalue weighted by molar-refractivity contribution is 0.102. The number of ether oxygens (including phenoxy) is 1. The first kappa shape index (κ1) is 14.7. The van der Waals surface area contributed by atoms with Gasteiger partial charge in [0, 0.05) is 30.5 Å². The Balaban J connectivity index is 1.55. The second kappa shape index (κ2) is 5.97. The van der Waals surface area contributed by atoms with E-state index < -0.39 is 0 Å². The molecule has 0 atom stereocenters. The van der Waals surface area contributed by atoms with Crippen LogP contribution < -0.4 is 10.2 Å². The fraction of sp³-hybridized carbons (Fsp3) is 0.312. The van der Waals surface area contributed by atoms with Gasteiger partial charge in [0.2, 0.25) is 0 Å². The van der Waals surface area contributed by atoms with Gasteiger partial charge in [-0.2, -0.15) is 10.1 Å². The maximum atomic E-state index is 12.2. The molecule has 0 unspecified atom stereocenters. The van der Waals surface area contributed by atoms with Crippen LogP contribution in [0.15, 0.2) is 28.7 Å². The first-order chi connectivity index (χ1) is 11.7. The highest BCUT2D eigenvalue weighted by molar-refractivity contribution is 6.03. The van der Waals surface area contributed by atoms with E-state index in [1.807, 2.05) is 17.9 Å². The molecule has 1 fully saturated rings. The molecule has 0 saturated carbocycles. The molecule has 0 radical (unpaired) electrons. The van der Waals surface area contributed by atoms with Crippen LogP contribution in [0, 0.1) is 6.92 Å². The number of aryl methyl sites for hydroxylation is 1. The summed E-state index contributed by atoms with van der Waals surface area (Å²) in [4.78, 5) is 18.7. The van der Waals surface area contributed by atoms with Crippen LogP contribution in [0.3, 0.4) is 0 Å². The zero-order valence-electron chi connectivity index (χ0n) is 13.2. The zero-order chi connectivity index (χ0) is 16.5. The normalized spacial score (nSPS) is 15.0. The number of nitrogens with one attached hydrogen (secondary N) is 2. The van der Waals surface area contributed by atoms with Crippen LogP contribution in [-0.4, -0.2) is 47.4 Å². The van der Waals surface area contributed by atoms with Crippen molar-refractivity contribution < 1.29 is 13.9 Å². The van der Waals surface area contributed by atoms with Gasteiger partial charge in [0.05, 0.1) is 13.2 Å². The molecule has 1 amide bonds. The van der Waals surface area contributed by atoms with Crippen molar-refractivity contribution in [3.63, 3.8) is 0 Å². The Labute approximate surface area is 137 Å². The topological polar surface area (TPSA) is 96.3 Å². The number of fused-ring (bicyclic) bond motifs is 1. The number of H-pyrrole nitrogens is 1. The summed E-state index contributed by atoms with van der Waals surface area (Å²) in [7, 11) is 0. The van der Waals surface area contributed by atoms with Crippen LogP contribution in [0.5, 0.6) is 0 Å². The Bertz CT molecular complexity index is 879. The number of benzene rings is 1. The van der Waals surface area contributed by atoms with E-state index in [1.54, 1.807) is 18.2 Å². The maximum Gasteiger partial charge on any atom is 0.298 e. The van der Waals surface area contributed by atoms with Gasteiger partial charge in [0.25, 0.3) is 11.9 Å². The van der Waals surface area contributed by atoms with E-state index in [0.717, 1.165) is 24.3 Å². The summed E-state index contributed by atoms with van der Waals surface area (Å²) in [5, 5.41) is 9.51. The molecule has 0 spiro atoms. The Kier molecular flexibility index (Phi) is 3.66. The molecule has 1 aliphatic heterocycles. The lowest BCUT2D eigenvalue weighted by Crippen LogP contribution is -2.36. The number of oxazole rings is 1. The SMILES string of the molecule is Cc1cc(C(=O)Nc2ccc3nc(N4CCOCC4)oc3c2)n[nH]1. The van der Waals surface area contributed by atoms with Crippen molar-refractivity contribution in [2.45, 2.75) is 6.92 Å². The van der Waals surface area contributed by atoms with E-state index in [9.17, 15) is 4.79 Å². The molecule has 0 bridgehead atoms. The number of morpholine rings is 1. The summed E-state index contributed by atoms with van der Waals surface area (Å²) >= 11 is 0. The number of rotatable bonds is 3. The molecule has 24 heavy (non-hydrogen) atoms. The first-order valence-electron chi connectivity index (χ1n) is 7.76. The summed E-state index contributed by atoms with van der Waals surface area (Å²) in [6, 6.07) is 7.67. The van der Waals surface area contributed by atoms with Gasteiger partial charge in [-0.3, -0.25) is 9.89 Å². The molecule has 1 saturated heterocycles. The third-order valence-electron chi connectivity index (χ3n) is 3.86. The van der Waals surface area contributed by atoms with Crippen LogP contribution in [0.25, 0.3) is 11.1 Å². The van der Waals surface area contributed by atoms with Crippen molar-refractivity contribution in [2.75, 3.05) is 36.5 Å². The number of carbonyl (C=O) groups excluding carboxylic acids is 1. The Morgan fingerprint density at radius 2 is 2.12 bits per heavy atom. The van der Waals surface area contributed by atoms with E-state index in [-0.39, 0.29) is 5.91 Å². The standard InChI is InChI=1S/C16H17N5O3/c1-10-8-13(20-19-10)15(22)17-11-2-3-12-14(9-11)24-16(18-12)21-4-6-23-7-5-21/h2-3,8-9H,4-7H2,1H3,(H,17,22)(H,19,20). The lowest BCUT2D eigenvalue weighted by atomic mass is 10.2. The van der Waals surface area contributed by atoms with Gasteiger partial charge in [0.15, 0.2) is 11.3 Å². The second-order valence-corrected chi connectivity index (χ2v) is 5.67. The quantitative estimate of drug-likeness (QED) is 0.763. The minimum Gasteiger partial charge on any atom is -0.423 e. The van der Waals surface area contributed by atoms with Gasteiger partial charge in [-0.15, -0.1) is 0 Å². The van der Waals surface area contributed by atoms with Crippen molar-refractivity contribution in [2.24, 2.45) is 0 Å². The summed E-state index contributed by atoms with van der Waals surface area (Å²) < 4.78 is 11.2. The highest BCUT2D eigenvalue weighted by Gasteiger charge is 2.17. The first-order valence-corrected chi connectivity index (χ1v) is 7.76. The number of aromatic nitrogens is 3. The summed E-state index contributed by atoms with van der Waals surface area (Å²) in [5.41, 5.74) is 3.20. The van der Waals surface area contributed by atoms with E-state index in [1.165, 1.54) is 0 Å². The van der Waals surface area contributed by atoms with E-state index in [0.29, 0.717) is 36.2 Å². The molecular formula is C16H17N5O3. The number of carbonyl (C=O) groups is 1. The molecule has 1 aliphatic rings. The fourth-order valence-corrected chi connectivity index (χ4v) is 2.61. The number of amides is 1. The predicted octanol–water partition coefficient (Wildman–Crippen LogP) is 1.95. The fourth-order valence-electron chi connectivity index (χ4n) is 2.61. The number of anilines is 2. The van der Waals surface area contributed by atoms with Gasteiger partial charge >= 0.3 is 0 Å². The van der Waals surface area contributed by atoms with Crippen LogP contribution >= 0.6 is 0 Å². The smallest absolute Gasteiger partial charge is 0.298 e. The van der Waals surface area contributed by atoms with Gasteiger partial charge in [0.1, 0.15) is 5.52 Å². The van der Waals surface area contributed by atoms with E-state index in [4.69, 9.17) is 9.15 Å². The number of aromatic amines is 1. The number of hydrogen-bond acceptors (Lipinski definition) is 6. The number of hydrogen-bond donors (Lipinski definition) is 2. The molecule has 2 aromatic heterocycles. The van der Waals surface area contributed by atoms with Crippen molar-refractivity contribution in [3.8, 4) is 0 Å². The van der Waals surface area contributed by atoms with Gasteiger partial charge in [-0.05, 0) is 25.1 Å². The third kappa shape index (κ3) is 2.83. The van der Waals surface area contributed by atoms with E-state index >= 15 is 0 Å². The molecule has 8 nitrogen and oxygen atoms in total. The third-order valence-corrected chi connectivity index (χ3v) is 3.86. The van der Waals surface area contributed by atoms with Gasteiger partial charge in [-0.25, -0.2) is 0 Å². The van der Waals surface area contributed by atoms with Crippen LogP contribution in [0.1, 0.15) is 16.2 Å². The molecule has 3 heterocycles. The molecule has 3 aromatic rings. The largest absolute Gasteiger partial charge is 0.423 e. The Morgan fingerprint density at radius 1 is 1.29 bits per heavy atom. The van der Waals surface area contributed by atoms with Gasteiger partial charge in [-0.1, -0.05) is 0 Å². The average Bonchev–Trinajstić information content (AvgIpc) is 3.21. The Hall–Kier alpha value is -2.87. The number of nitrogens with zero attached hydrogens (tertiary/aromatic N) is 3. The van der Waals surface area contributed by atoms with Gasteiger partial charge < -0.3 is 19.4 Å². The molecular weight excluding hydrogens is 310 g/mol. The minimum atomic E-state index is -0.272. The Morgan fingerprint density at radius 3 is 2.88 bits per heavy atom. The zero-order valence-corrected chi connectivity index (χ0v) is 13.2. The summed E-state index contributed by atoms with van der Waals surface area (Å²) in [5.74, 6) is -0.272. The van der Waals surface area contributed by atoms with Crippen molar-refractivity contribution in [3.05, 3.63) is 35.7 Å². The molecule has 124 valence electrons. The van der Waals surface area contributed by atoms with E-state index in [2.05, 4.69) is 20.5 Å². The monoisotopic (exact) mass is 327 g/mol. The molecule has 2 N–H and O–H groups in total. The second-order valence-electron chi connectivity index (χ2n) is 5.67.